The van der Waals surface area contributed by atoms with Crippen LogP contribution in [-0.2, 0) is 4.79 Å². The predicted molar refractivity (Wildman–Crippen MR) is 81.5 cm³/mol. The Balaban J connectivity index is 1.88. The van der Waals surface area contributed by atoms with Crippen LogP contribution < -0.4 is 5.73 Å². The molecule has 0 radical (unpaired) electrons. The highest BCUT2D eigenvalue weighted by Gasteiger charge is 2.30. The number of aliphatic hydroxyl groups excluding tert-OH is 1. The standard InChI is InChI=1S/C15H24N2O2S/c1-11(16)6-7-15(19)17-8-2-4-12(17)10-13(18)14-5-3-9-20-14/h3,5,9,11-13,18H,2,4,6-8,10,16H2,1H3. The third-order valence-corrected chi connectivity index (χ3v) is 4.85. The molecule has 0 aromatic carbocycles. The molecule has 1 fully saturated rings. The van der Waals surface area contributed by atoms with Gasteiger partial charge in [0.15, 0.2) is 0 Å². The molecule has 1 aromatic rings. The number of thiophene rings is 1. The van der Waals surface area contributed by atoms with Crippen molar-refractivity contribution >= 4 is 17.2 Å². The van der Waals surface area contributed by atoms with Crippen LogP contribution in [0.25, 0.3) is 0 Å². The number of carbonyl (C=O) groups excluding carboxylic acids is 1. The van der Waals surface area contributed by atoms with Gasteiger partial charge in [-0.1, -0.05) is 6.07 Å². The summed E-state index contributed by atoms with van der Waals surface area (Å²) in [5.74, 6) is 0.183. The van der Waals surface area contributed by atoms with E-state index in [4.69, 9.17) is 5.73 Å². The number of nitrogens with zero attached hydrogens (tertiary/aromatic N) is 1. The Morgan fingerprint density at radius 3 is 3.10 bits per heavy atom. The zero-order valence-corrected chi connectivity index (χ0v) is 12.8. The van der Waals surface area contributed by atoms with E-state index in [-0.39, 0.29) is 18.0 Å². The maximum Gasteiger partial charge on any atom is 0.222 e. The normalized spacial score (nSPS) is 21.9. The van der Waals surface area contributed by atoms with Crippen LogP contribution in [-0.4, -0.2) is 34.5 Å². The van der Waals surface area contributed by atoms with Crippen LogP contribution in [0.5, 0.6) is 0 Å². The van der Waals surface area contributed by atoms with Crippen molar-refractivity contribution in [2.24, 2.45) is 5.73 Å². The number of aliphatic hydroxyl groups is 1. The van der Waals surface area contributed by atoms with Gasteiger partial charge in [-0.25, -0.2) is 0 Å². The monoisotopic (exact) mass is 296 g/mol. The highest BCUT2D eigenvalue weighted by molar-refractivity contribution is 7.10. The van der Waals surface area contributed by atoms with Crippen molar-refractivity contribution in [3.63, 3.8) is 0 Å². The summed E-state index contributed by atoms with van der Waals surface area (Å²) < 4.78 is 0. The lowest BCUT2D eigenvalue weighted by atomic mass is 10.1. The second kappa shape index (κ2) is 7.20. The minimum atomic E-state index is -0.457. The maximum atomic E-state index is 12.2. The van der Waals surface area contributed by atoms with Gasteiger partial charge in [0.25, 0.3) is 0 Å². The lowest BCUT2D eigenvalue weighted by Gasteiger charge is -2.26. The van der Waals surface area contributed by atoms with Crippen LogP contribution in [0.15, 0.2) is 17.5 Å². The Hall–Kier alpha value is -0.910. The zero-order valence-electron chi connectivity index (χ0n) is 12.0. The molecule has 0 aliphatic carbocycles. The van der Waals surface area contributed by atoms with Crippen molar-refractivity contribution in [3.05, 3.63) is 22.4 Å². The zero-order chi connectivity index (χ0) is 14.5. The summed E-state index contributed by atoms with van der Waals surface area (Å²) in [6, 6.07) is 4.14. The molecular weight excluding hydrogens is 272 g/mol. The Morgan fingerprint density at radius 2 is 2.45 bits per heavy atom. The summed E-state index contributed by atoms with van der Waals surface area (Å²) >= 11 is 1.57. The molecular formula is C15H24N2O2S. The van der Waals surface area contributed by atoms with Crippen LogP contribution in [0.2, 0.25) is 0 Å². The number of rotatable bonds is 6. The van der Waals surface area contributed by atoms with Gasteiger partial charge in [0, 0.05) is 29.9 Å². The Labute approximate surface area is 124 Å². The van der Waals surface area contributed by atoms with E-state index in [1.807, 2.05) is 29.3 Å². The third kappa shape index (κ3) is 4.04. The van der Waals surface area contributed by atoms with Gasteiger partial charge in [0.2, 0.25) is 5.91 Å². The van der Waals surface area contributed by atoms with E-state index in [0.29, 0.717) is 12.8 Å². The lowest BCUT2D eigenvalue weighted by molar-refractivity contribution is -0.132. The number of hydrogen-bond donors (Lipinski definition) is 2. The summed E-state index contributed by atoms with van der Waals surface area (Å²) in [7, 11) is 0. The number of likely N-dealkylation sites (tertiary alicyclic amines) is 1. The van der Waals surface area contributed by atoms with Gasteiger partial charge in [-0.3, -0.25) is 4.79 Å². The minimum Gasteiger partial charge on any atom is -0.387 e. The SMILES string of the molecule is CC(N)CCC(=O)N1CCCC1CC(O)c1cccs1. The van der Waals surface area contributed by atoms with E-state index in [9.17, 15) is 9.90 Å². The molecule has 1 aromatic heterocycles. The summed E-state index contributed by atoms with van der Waals surface area (Å²) in [5.41, 5.74) is 5.71. The van der Waals surface area contributed by atoms with E-state index >= 15 is 0 Å². The van der Waals surface area contributed by atoms with Crippen molar-refractivity contribution in [1.82, 2.24) is 4.90 Å². The summed E-state index contributed by atoms with van der Waals surface area (Å²) in [6.07, 6.45) is 3.46. The molecule has 2 heterocycles. The van der Waals surface area contributed by atoms with Gasteiger partial charge >= 0.3 is 0 Å². The summed E-state index contributed by atoms with van der Waals surface area (Å²) in [4.78, 5) is 15.1. The fourth-order valence-corrected chi connectivity index (χ4v) is 3.48. The predicted octanol–water partition coefficient (Wildman–Crippen LogP) is 2.29. The van der Waals surface area contributed by atoms with Gasteiger partial charge in [-0.15, -0.1) is 11.3 Å². The average molecular weight is 296 g/mol. The number of carbonyl (C=O) groups is 1. The first kappa shape index (κ1) is 15.5. The quantitative estimate of drug-likeness (QED) is 0.846. The van der Waals surface area contributed by atoms with E-state index < -0.39 is 6.10 Å². The smallest absolute Gasteiger partial charge is 0.222 e. The molecule has 112 valence electrons. The lowest BCUT2D eigenvalue weighted by Crippen LogP contribution is -2.37. The highest BCUT2D eigenvalue weighted by Crippen LogP contribution is 2.29. The van der Waals surface area contributed by atoms with E-state index in [1.54, 1.807) is 11.3 Å². The van der Waals surface area contributed by atoms with E-state index in [2.05, 4.69) is 0 Å². The fourth-order valence-electron chi connectivity index (χ4n) is 2.76. The van der Waals surface area contributed by atoms with Crippen molar-refractivity contribution in [2.45, 2.75) is 57.2 Å². The van der Waals surface area contributed by atoms with Crippen molar-refractivity contribution in [2.75, 3.05) is 6.54 Å². The molecule has 2 rings (SSSR count). The minimum absolute atomic E-state index is 0.0664. The Morgan fingerprint density at radius 1 is 1.65 bits per heavy atom. The topological polar surface area (TPSA) is 66.6 Å². The number of nitrogens with two attached hydrogens (primary N) is 1. The summed E-state index contributed by atoms with van der Waals surface area (Å²) in [5, 5.41) is 12.2. The largest absolute Gasteiger partial charge is 0.387 e. The van der Waals surface area contributed by atoms with Gasteiger partial charge in [0.1, 0.15) is 0 Å². The molecule has 4 nitrogen and oxygen atoms in total. The molecule has 1 saturated heterocycles. The average Bonchev–Trinajstić information content (AvgIpc) is 3.06. The van der Waals surface area contributed by atoms with E-state index in [1.165, 1.54) is 0 Å². The Kier molecular flexibility index (Phi) is 5.57. The van der Waals surface area contributed by atoms with Crippen LogP contribution in [0, 0.1) is 0 Å². The molecule has 1 aliphatic heterocycles. The fraction of sp³-hybridized carbons (Fsp3) is 0.667. The van der Waals surface area contributed by atoms with Crippen LogP contribution >= 0.6 is 11.3 Å². The highest BCUT2D eigenvalue weighted by atomic mass is 32.1. The Bertz CT molecular complexity index is 420. The molecule has 0 saturated carbocycles. The maximum absolute atomic E-state index is 12.2. The van der Waals surface area contributed by atoms with E-state index in [0.717, 1.165) is 30.7 Å². The third-order valence-electron chi connectivity index (χ3n) is 3.88. The molecule has 5 heteroatoms. The summed E-state index contributed by atoms with van der Waals surface area (Å²) in [6.45, 7) is 2.74. The van der Waals surface area contributed by atoms with Crippen LogP contribution in [0.4, 0.5) is 0 Å². The van der Waals surface area contributed by atoms with Crippen molar-refractivity contribution in [1.29, 1.82) is 0 Å². The second-order valence-electron chi connectivity index (χ2n) is 5.67. The second-order valence-corrected chi connectivity index (χ2v) is 6.65. The molecule has 3 atom stereocenters. The first-order valence-corrected chi connectivity index (χ1v) is 8.22. The molecule has 0 spiro atoms. The van der Waals surface area contributed by atoms with Gasteiger partial charge in [0.05, 0.1) is 6.10 Å². The molecule has 20 heavy (non-hydrogen) atoms. The first-order valence-electron chi connectivity index (χ1n) is 7.34. The molecule has 3 N–H and O–H groups in total. The molecule has 1 amide bonds. The molecule has 3 unspecified atom stereocenters. The van der Waals surface area contributed by atoms with Crippen LogP contribution in [0.1, 0.15) is 50.0 Å². The van der Waals surface area contributed by atoms with Crippen molar-refractivity contribution in [3.8, 4) is 0 Å². The molecule has 0 bridgehead atoms. The number of hydrogen-bond acceptors (Lipinski definition) is 4. The van der Waals surface area contributed by atoms with Crippen LogP contribution in [0.3, 0.4) is 0 Å². The van der Waals surface area contributed by atoms with Crippen molar-refractivity contribution < 1.29 is 9.90 Å². The van der Waals surface area contributed by atoms with Gasteiger partial charge in [-0.05, 0) is 44.1 Å². The van der Waals surface area contributed by atoms with Gasteiger partial charge < -0.3 is 15.7 Å². The van der Waals surface area contributed by atoms with Gasteiger partial charge in [-0.2, -0.15) is 0 Å². The first-order chi connectivity index (χ1) is 9.58. The molecule has 1 aliphatic rings. The number of amides is 1.